The van der Waals surface area contributed by atoms with E-state index >= 15 is 0 Å². The van der Waals surface area contributed by atoms with Gasteiger partial charge in [-0.3, -0.25) is 4.79 Å². The molecule has 0 aromatic carbocycles. The minimum absolute atomic E-state index is 0.198. The van der Waals surface area contributed by atoms with Crippen molar-refractivity contribution >= 4 is 5.91 Å². The van der Waals surface area contributed by atoms with Crippen molar-refractivity contribution in [3.63, 3.8) is 0 Å². The fourth-order valence-electron chi connectivity index (χ4n) is 2.97. The van der Waals surface area contributed by atoms with Crippen LogP contribution in [0.3, 0.4) is 0 Å². The van der Waals surface area contributed by atoms with Crippen LogP contribution in [0, 0.1) is 0 Å². The molecule has 2 atom stereocenters. The third-order valence-electron chi connectivity index (χ3n) is 4.35. The van der Waals surface area contributed by atoms with Crippen LogP contribution in [0.15, 0.2) is 0 Å². The highest BCUT2D eigenvalue weighted by atomic mass is 16.5. The molecule has 0 aromatic rings. The summed E-state index contributed by atoms with van der Waals surface area (Å²) in [5, 5.41) is 3.45. The Balaban J connectivity index is 1.71. The Labute approximate surface area is 116 Å². The Bertz CT molecular complexity index is 305. The highest BCUT2D eigenvalue weighted by Crippen LogP contribution is 2.35. The van der Waals surface area contributed by atoms with E-state index in [1.165, 1.54) is 32.1 Å². The van der Waals surface area contributed by atoms with Crippen molar-refractivity contribution < 1.29 is 9.53 Å². The SMILES string of the molecule is CCCCCCOC1CCC(NC2CC2)(C(N)=O)C1. The van der Waals surface area contributed by atoms with Gasteiger partial charge in [0, 0.05) is 19.1 Å². The fraction of sp³-hybridized carbons (Fsp3) is 0.933. The molecule has 2 aliphatic carbocycles. The molecule has 2 unspecified atom stereocenters. The number of hydrogen-bond acceptors (Lipinski definition) is 3. The van der Waals surface area contributed by atoms with Crippen LogP contribution >= 0.6 is 0 Å². The number of unbranched alkanes of at least 4 members (excludes halogenated alkanes) is 3. The van der Waals surface area contributed by atoms with E-state index in [0.717, 1.165) is 32.3 Å². The van der Waals surface area contributed by atoms with E-state index in [-0.39, 0.29) is 12.0 Å². The molecule has 2 saturated carbocycles. The number of rotatable bonds is 9. The average Bonchev–Trinajstić information content (AvgIpc) is 3.08. The second kappa shape index (κ2) is 6.71. The van der Waals surface area contributed by atoms with E-state index in [2.05, 4.69) is 12.2 Å². The summed E-state index contributed by atoms with van der Waals surface area (Å²) < 4.78 is 5.91. The zero-order valence-corrected chi connectivity index (χ0v) is 12.1. The van der Waals surface area contributed by atoms with Gasteiger partial charge in [-0.2, -0.15) is 0 Å². The average molecular weight is 268 g/mol. The summed E-state index contributed by atoms with van der Waals surface area (Å²) in [6.07, 6.45) is 10.0. The number of nitrogens with one attached hydrogen (secondary N) is 1. The van der Waals surface area contributed by atoms with Crippen molar-refractivity contribution in [3.8, 4) is 0 Å². The second-order valence-corrected chi connectivity index (χ2v) is 6.16. The molecule has 19 heavy (non-hydrogen) atoms. The number of carbonyl (C=O) groups is 1. The molecule has 1 amide bonds. The minimum atomic E-state index is -0.491. The lowest BCUT2D eigenvalue weighted by Gasteiger charge is -2.27. The molecule has 0 heterocycles. The van der Waals surface area contributed by atoms with Gasteiger partial charge in [0.25, 0.3) is 0 Å². The van der Waals surface area contributed by atoms with E-state index in [0.29, 0.717) is 6.04 Å². The molecular weight excluding hydrogens is 240 g/mol. The third kappa shape index (κ3) is 4.18. The summed E-state index contributed by atoms with van der Waals surface area (Å²) >= 11 is 0. The van der Waals surface area contributed by atoms with Crippen molar-refractivity contribution in [3.05, 3.63) is 0 Å². The van der Waals surface area contributed by atoms with E-state index < -0.39 is 5.54 Å². The van der Waals surface area contributed by atoms with Crippen LogP contribution in [0.5, 0.6) is 0 Å². The van der Waals surface area contributed by atoms with Crippen LogP contribution in [0.1, 0.15) is 64.7 Å². The van der Waals surface area contributed by atoms with Crippen LogP contribution in [-0.2, 0) is 9.53 Å². The number of primary amides is 1. The van der Waals surface area contributed by atoms with E-state index in [1.807, 2.05) is 0 Å². The van der Waals surface area contributed by atoms with Crippen molar-refractivity contribution in [2.45, 2.75) is 82.4 Å². The van der Waals surface area contributed by atoms with Crippen LogP contribution < -0.4 is 11.1 Å². The Hall–Kier alpha value is -0.610. The van der Waals surface area contributed by atoms with E-state index in [4.69, 9.17) is 10.5 Å². The number of nitrogens with two attached hydrogens (primary N) is 1. The van der Waals surface area contributed by atoms with Gasteiger partial charge in [-0.25, -0.2) is 0 Å². The lowest BCUT2D eigenvalue weighted by molar-refractivity contribution is -0.124. The molecule has 0 aromatic heterocycles. The lowest BCUT2D eigenvalue weighted by atomic mass is 9.96. The molecule has 0 aliphatic heterocycles. The molecule has 0 spiro atoms. The molecule has 4 heteroatoms. The van der Waals surface area contributed by atoms with Gasteiger partial charge in [0.05, 0.1) is 6.10 Å². The van der Waals surface area contributed by atoms with Crippen LogP contribution in [0.25, 0.3) is 0 Å². The van der Waals surface area contributed by atoms with Gasteiger partial charge < -0.3 is 15.8 Å². The van der Waals surface area contributed by atoms with Crippen LogP contribution in [-0.4, -0.2) is 30.2 Å². The number of hydrogen-bond donors (Lipinski definition) is 2. The first-order valence-electron chi connectivity index (χ1n) is 7.85. The molecule has 3 N–H and O–H groups in total. The summed E-state index contributed by atoms with van der Waals surface area (Å²) in [5.41, 5.74) is 5.12. The number of ether oxygens (including phenoxy) is 1. The molecule has 0 radical (unpaired) electrons. The fourth-order valence-corrected chi connectivity index (χ4v) is 2.97. The maximum Gasteiger partial charge on any atom is 0.237 e. The molecule has 2 rings (SSSR count). The number of carbonyl (C=O) groups excluding carboxylic acids is 1. The molecule has 0 saturated heterocycles. The third-order valence-corrected chi connectivity index (χ3v) is 4.35. The molecule has 2 aliphatic rings. The van der Waals surface area contributed by atoms with Gasteiger partial charge in [-0.15, -0.1) is 0 Å². The first-order chi connectivity index (χ1) is 9.16. The van der Waals surface area contributed by atoms with Gasteiger partial charge in [-0.05, 0) is 32.1 Å². The predicted octanol–water partition coefficient (Wildman–Crippen LogP) is 2.11. The molecule has 4 nitrogen and oxygen atoms in total. The highest BCUT2D eigenvalue weighted by molar-refractivity contribution is 5.85. The maximum absolute atomic E-state index is 11.8. The quantitative estimate of drug-likeness (QED) is 0.630. The second-order valence-electron chi connectivity index (χ2n) is 6.16. The van der Waals surface area contributed by atoms with Gasteiger partial charge in [0.15, 0.2) is 0 Å². The Morgan fingerprint density at radius 3 is 2.74 bits per heavy atom. The highest BCUT2D eigenvalue weighted by Gasteiger charge is 2.47. The standard InChI is InChI=1S/C15H28N2O2/c1-2-3-4-5-10-19-13-8-9-15(11-13,14(16)18)17-12-6-7-12/h12-13,17H,2-11H2,1H3,(H2,16,18). The van der Waals surface area contributed by atoms with E-state index in [1.54, 1.807) is 0 Å². The largest absolute Gasteiger partial charge is 0.378 e. The predicted molar refractivity (Wildman–Crippen MR) is 75.8 cm³/mol. The molecule has 2 fully saturated rings. The van der Waals surface area contributed by atoms with Crippen LogP contribution in [0.2, 0.25) is 0 Å². The summed E-state index contributed by atoms with van der Waals surface area (Å²) in [7, 11) is 0. The summed E-state index contributed by atoms with van der Waals surface area (Å²) in [5.74, 6) is -0.198. The lowest BCUT2D eigenvalue weighted by Crippen LogP contribution is -2.54. The smallest absolute Gasteiger partial charge is 0.237 e. The number of amides is 1. The van der Waals surface area contributed by atoms with E-state index in [9.17, 15) is 4.79 Å². The Morgan fingerprint density at radius 1 is 1.32 bits per heavy atom. The van der Waals surface area contributed by atoms with Crippen molar-refractivity contribution in [2.24, 2.45) is 5.73 Å². The Kier molecular flexibility index (Phi) is 5.22. The van der Waals surface area contributed by atoms with Crippen molar-refractivity contribution in [1.29, 1.82) is 0 Å². The first kappa shape index (κ1) is 14.8. The van der Waals surface area contributed by atoms with Gasteiger partial charge in [-0.1, -0.05) is 26.2 Å². The summed E-state index contributed by atoms with van der Waals surface area (Å²) in [6.45, 7) is 3.03. The monoisotopic (exact) mass is 268 g/mol. The van der Waals surface area contributed by atoms with Crippen LogP contribution in [0.4, 0.5) is 0 Å². The minimum Gasteiger partial charge on any atom is -0.378 e. The zero-order chi connectivity index (χ0) is 13.7. The normalized spacial score (nSPS) is 30.7. The molecule has 0 bridgehead atoms. The summed E-state index contributed by atoms with van der Waals surface area (Å²) in [4.78, 5) is 11.8. The van der Waals surface area contributed by atoms with Gasteiger partial charge in [0.1, 0.15) is 5.54 Å². The van der Waals surface area contributed by atoms with Gasteiger partial charge in [0.2, 0.25) is 5.91 Å². The first-order valence-corrected chi connectivity index (χ1v) is 7.85. The topological polar surface area (TPSA) is 64.3 Å². The Morgan fingerprint density at radius 2 is 2.11 bits per heavy atom. The van der Waals surface area contributed by atoms with Crippen molar-refractivity contribution in [1.82, 2.24) is 5.32 Å². The summed E-state index contributed by atoms with van der Waals surface area (Å²) in [6, 6.07) is 0.510. The van der Waals surface area contributed by atoms with Gasteiger partial charge >= 0.3 is 0 Å². The molecule has 110 valence electrons. The van der Waals surface area contributed by atoms with Crippen molar-refractivity contribution in [2.75, 3.05) is 6.61 Å². The maximum atomic E-state index is 11.8. The molecular formula is C15H28N2O2. The zero-order valence-electron chi connectivity index (χ0n) is 12.1.